The van der Waals surface area contributed by atoms with Gasteiger partial charge in [0.1, 0.15) is 5.00 Å². The van der Waals surface area contributed by atoms with Crippen molar-refractivity contribution < 1.29 is 2.85 Å². The molecule has 0 aliphatic carbocycles. The van der Waals surface area contributed by atoms with Gasteiger partial charge in [0.25, 0.3) is 0 Å². The van der Waals surface area contributed by atoms with E-state index in [2.05, 4.69) is 30.6 Å². The third-order valence-electron chi connectivity index (χ3n) is 2.75. The molecule has 0 unspecified atom stereocenters. The van der Waals surface area contributed by atoms with Crippen LogP contribution in [0, 0.1) is 0 Å². The van der Waals surface area contributed by atoms with Crippen LogP contribution in [0.5, 0.6) is 0 Å². The van der Waals surface area contributed by atoms with E-state index in [4.69, 9.17) is 0 Å². The summed E-state index contributed by atoms with van der Waals surface area (Å²) in [6.07, 6.45) is 1.74. The van der Waals surface area contributed by atoms with Crippen molar-refractivity contribution >= 4 is 28.2 Å². The van der Waals surface area contributed by atoms with Crippen molar-refractivity contribution in [3.8, 4) is 11.4 Å². The van der Waals surface area contributed by atoms with Crippen LogP contribution < -0.4 is 10.6 Å². The second-order valence-corrected chi connectivity index (χ2v) is 5.85. The van der Waals surface area contributed by atoms with E-state index in [-0.39, 0.29) is 8.90 Å². The van der Waals surface area contributed by atoms with Gasteiger partial charge in [0.05, 0.1) is 11.7 Å². The fraction of sp³-hybridized carbons (Fsp3) is 0.200. The molecule has 116 valence electrons. The number of anilines is 3. The van der Waals surface area contributed by atoms with Gasteiger partial charge in [0.2, 0.25) is 11.9 Å². The van der Waals surface area contributed by atoms with Gasteiger partial charge in [-0.1, -0.05) is 30.3 Å². The van der Waals surface area contributed by atoms with Crippen LogP contribution in [0.1, 0.15) is 16.7 Å². The molecule has 6 nitrogen and oxygen atoms in total. The molecule has 7 heteroatoms. The Labute approximate surface area is 135 Å². The second kappa shape index (κ2) is 6.48. The third kappa shape index (κ3) is 3.56. The Hall–Kier alpha value is -2.54. The van der Waals surface area contributed by atoms with E-state index in [1.807, 2.05) is 44.2 Å². The molecule has 0 radical (unpaired) electrons. The molecule has 0 saturated heterocycles. The van der Waals surface area contributed by atoms with E-state index < -0.39 is 0 Å². The molecule has 2 heterocycles. The molecule has 2 aromatic heterocycles. The first kappa shape index (κ1) is 14.4. The minimum absolute atomic E-state index is 0. The number of benzene rings is 1. The number of thiazole rings is 1. The lowest BCUT2D eigenvalue weighted by atomic mass is 10.2. The molecule has 0 aliphatic rings. The van der Waals surface area contributed by atoms with Gasteiger partial charge < -0.3 is 10.6 Å². The highest BCUT2D eigenvalue weighted by atomic mass is 32.1. The maximum absolute atomic E-state index is 4.49. The highest BCUT2D eigenvalue weighted by Crippen LogP contribution is 2.21. The lowest BCUT2D eigenvalue weighted by Crippen LogP contribution is -2.14. The average molecular weight is 316 g/mol. The van der Waals surface area contributed by atoms with Crippen LogP contribution in [-0.2, 0) is 0 Å². The smallest absolute Gasteiger partial charge is 0.233 e. The summed E-state index contributed by atoms with van der Waals surface area (Å²) in [5, 5.41) is 7.27. The number of hydrogen-bond donors (Lipinski definition) is 2. The number of rotatable bonds is 5. The zero-order chi connectivity index (χ0) is 15.4. The lowest BCUT2D eigenvalue weighted by molar-refractivity contribution is 0.869. The summed E-state index contributed by atoms with van der Waals surface area (Å²) in [5.74, 6) is 1.68. The van der Waals surface area contributed by atoms with E-state index in [0.717, 1.165) is 10.6 Å². The van der Waals surface area contributed by atoms with Gasteiger partial charge in [0, 0.05) is 14.5 Å². The summed E-state index contributed by atoms with van der Waals surface area (Å²) in [6, 6.07) is 10.1. The summed E-state index contributed by atoms with van der Waals surface area (Å²) in [4.78, 5) is 17.4. The first-order valence-electron chi connectivity index (χ1n) is 6.94. The van der Waals surface area contributed by atoms with Crippen LogP contribution in [0.25, 0.3) is 11.4 Å². The molecular formula is C15H20N6S. The molecular weight excluding hydrogens is 296 g/mol. The third-order valence-corrected chi connectivity index (χ3v) is 3.44. The van der Waals surface area contributed by atoms with Crippen molar-refractivity contribution in [1.82, 2.24) is 19.9 Å². The fourth-order valence-electron chi connectivity index (χ4n) is 1.86. The first-order chi connectivity index (χ1) is 10.7. The zero-order valence-corrected chi connectivity index (χ0v) is 13.1. The van der Waals surface area contributed by atoms with Crippen molar-refractivity contribution in [2.75, 3.05) is 10.6 Å². The molecule has 3 rings (SSSR count). The van der Waals surface area contributed by atoms with Crippen molar-refractivity contribution in [3.05, 3.63) is 42.0 Å². The summed E-state index contributed by atoms with van der Waals surface area (Å²) in [5.41, 5.74) is 2.71. The van der Waals surface area contributed by atoms with E-state index in [9.17, 15) is 0 Å². The van der Waals surface area contributed by atoms with Crippen LogP contribution in [0.4, 0.5) is 16.9 Å². The Kier molecular flexibility index (Phi) is 4.24. The Morgan fingerprint density at radius 3 is 2.50 bits per heavy atom. The van der Waals surface area contributed by atoms with Crippen LogP contribution in [0.3, 0.4) is 0 Å². The van der Waals surface area contributed by atoms with Crippen LogP contribution in [0.2, 0.25) is 0 Å². The van der Waals surface area contributed by atoms with Crippen LogP contribution in [0.15, 0.2) is 42.0 Å². The largest absolute Gasteiger partial charge is 0.352 e. The Balaban J connectivity index is 0.00000144. The molecule has 0 aliphatic heterocycles. The quantitative estimate of drug-likeness (QED) is 0.739. The van der Waals surface area contributed by atoms with E-state index >= 15 is 0 Å². The Morgan fingerprint density at radius 1 is 1.05 bits per heavy atom. The van der Waals surface area contributed by atoms with Crippen LogP contribution in [-0.4, -0.2) is 26.0 Å². The van der Waals surface area contributed by atoms with Crippen molar-refractivity contribution in [2.24, 2.45) is 0 Å². The SMILES string of the molecule is CC(C)Nc1nc(Nc2cncs2)nc(-c2ccccc2)n1.[HH].[HH]. The van der Waals surface area contributed by atoms with Gasteiger partial charge in [-0.2, -0.15) is 15.0 Å². The Bertz CT molecular complexity index is 737. The molecule has 0 saturated carbocycles. The monoisotopic (exact) mass is 316 g/mol. The molecule has 3 aromatic rings. The number of aromatic nitrogens is 4. The van der Waals surface area contributed by atoms with Crippen molar-refractivity contribution in [3.63, 3.8) is 0 Å². The van der Waals surface area contributed by atoms with Gasteiger partial charge in [-0.15, -0.1) is 11.3 Å². The second-order valence-electron chi connectivity index (χ2n) is 4.96. The predicted molar refractivity (Wildman–Crippen MR) is 93.6 cm³/mol. The molecule has 1 aromatic carbocycles. The minimum Gasteiger partial charge on any atom is -0.352 e. The van der Waals surface area contributed by atoms with Crippen molar-refractivity contribution in [2.45, 2.75) is 19.9 Å². The summed E-state index contributed by atoms with van der Waals surface area (Å²) >= 11 is 1.50. The number of nitrogens with zero attached hydrogens (tertiary/aromatic N) is 4. The lowest BCUT2D eigenvalue weighted by Gasteiger charge is -2.11. The standard InChI is InChI=1S/C15H16N6S.2H2/c1-10(2)17-14-19-13(11-6-4-3-5-7-11)20-15(21-14)18-12-8-16-9-22-12;;/h3-10H,1-2H3,(H2,17,18,19,20,21);2*1H. The van der Waals surface area contributed by atoms with E-state index in [1.165, 1.54) is 11.3 Å². The van der Waals surface area contributed by atoms with E-state index in [1.54, 1.807) is 11.7 Å². The maximum Gasteiger partial charge on any atom is 0.233 e. The number of hydrogen-bond acceptors (Lipinski definition) is 7. The first-order valence-corrected chi connectivity index (χ1v) is 7.82. The van der Waals surface area contributed by atoms with E-state index in [0.29, 0.717) is 17.7 Å². The molecule has 0 bridgehead atoms. The normalized spacial score (nSPS) is 10.7. The van der Waals surface area contributed by atoms with Crippen LogP contribution >= 0.6 is 11.3 Å². The van der Waals surface area contributed by atoms with Gasteiger partial charge in [-0.05, 0) is 13.8 Å². The maximum atomic E-state index is 4.49. The highest BCUT2D eigenvalue weighted by molar-refractivity contribution is 7.13. The molecule has 0 atom stereocenters. The summed E-state index contributed by atoms with van der Waals surface area (Å²) < 4.78 is 0. The van der Waals surface area contributed by atoms with Gasteiger partial charge in [-0.3, -0.25) is 4.98 Å². The zero-order valence-electron chi connectivity index (χ0n) is 12.3. The van der Waals surface area contributed by atoms with Crippen molar-refractivity contribution in [1.29, 1.82) is 0 Å². The minimum atomic E-state index is 0. The molecule has 2 N–H and O–H groups in total. The number of nitrogens with one attached hydrogen (secondary N) is 2. The van der Waals surface area contributed by atoms with Gasteiger partial charge in [0.15, 0.2) is 5.82 Å². The predicted octanol–water partition coefficient (Wildman–Crippen LogP) is 4.05. The summed E-state index contributed by atoms with van der Waals surface area (Å²) in [6.45, 7) is 4.09. The molecule has 0 fully saturated rings. The topological polar surface area (TPSA) is 75.6 Å². The van der Waals surface area contributed by atoms with Gasteiger partial charge >= 0.3 is 0 Å². The Morgan fingerprint density at radius 2 is 1.82 bits per heavy atom. The molecule has 0 amide bonds. The molecule has 0 spiro atoms. The summed E-state index contributed by atoms with van der Waals surface area (Å²) in [7, 11) is 0. The average Bonchev–Trinajstić information content (AvgIpc) is 3.00. The fourth-order valence-corrected chi connectivity index (χ4v) is 2.37. The van der Waals surface area contributed by atoms with Gasteiger partial charge in [-0.25, -0.2) is 0 Å². The highest BCUT2D eigenvalue weighted by Gasteiger charge is 2.10. The molecule has 22 heavy (non-hydrogen) atoms.